The molecule has 2 atom stereocenters. The minimum absolute atomic E-state index is 0.146. The molecule has 3 heteroatoms. The first-order valence-corrected chi connectivity index (χ1v) is 7.80. The molecule has 20 heavy (non-hydrogen) atoms. The fourth-order valence-electron chi connectivity index (χ4n) is 2.24. The smallest absolute Gasteiger partial charge is 0.136 e. The number of hydrogen-bond donors (Lipinski definition) is 1. The third-order valence-corrected chi connectivity index (χ3v) is 4.43. The summed E-state index contributed by atoms with van der Waals surface area (Å²) in [5, 5.41) is 3.74. The highest BCUT2D eigenvalue weighted by molar-refractivity contribution is 8.00. The van der Waals surface area contributed by atoms with Crippen LogP contribution in [0.25, 0.3) is 0 Å². The van der Waals surface area contributed by atoms with Crippen LogP contribution in [-0.4, -0.2) is 11.8 Å². The van der Waals surface area contributed by atoms with Crippen LogP contribution in [0.2, 0.25) is 0 Å². The van der Waals surface area contributed by atoms with Crippen molar-refractivity contribution in [3.05, 3.63) is 66.0 Å². The highest BCUT2D eigenvalue weighted by atomic mass is 32.2. The van der Waals surface area contributed by atoms with Gasteiger partial charge in [-0.05, 0) is 24.2 Å². The molecule has 0 bridgehead atoms. The molecular formula is C17H20FNS. The van der Waals surface area contributed by atoms with Gasteiger partial charge in [-0.1, -0.05) is 56.3 Å². The average Bonchev–Trinajstić information content (AvgIpc) is 2.48. The lowest BCUT2D eigenvalue weighted by atomic mass is 10.0. The third-order valence-electron chi connectivity index (χ3n) is 3.20. The van der Waals surface area contributed by atoms with Crippen LogP contribution in [0.3, 0.4) is 0 Å². The van der Waals surface area contributed by atoms with Crippen LogP contribution < -0.4 is 5.32 Å². The van der Waals surface area contributed by atoms with E-state index >= 15 is 0 Å². The first-order chi connectivity index (χ1) is 9.72. The molecule has 0 saturated heterocycles. The molecule has 0 fully saturated rings. The summed E-state index contributed by atoms with van der Waals surface area (Å²) in [5.41, 5.74) is 1.24. The van der Waals surface area contributed by atoms with Crippen molar-refractivity contribution in [2.75, 3.05) is 6.54 Å². The van der Waals surface area contributed by atoms with E-state index in [1.807, 2.05) is 30.3 Å². The van der Waals surface area contributed by atoms with Gasteiger partial charge in [0.15, 0.2) is 0 Å². The molecule has 1 nitrogen and oxygen atoms in total. The first kappa shape index (κ1) is 15.1. The summed E-state index contributed by atoms with van der Waals surface area (Å²) in [6.07, 6.45) is 0. The van der Waals surface area contributed by atoms with Crippen molar-refractivity contribution in [1.29, 1.82) is 0 Å². The zero-order valence-corrected chi connectivity index (χ0v) is 12.7. The van der Waals surface area contributed by atoms with Crippen molar-refractivity contribution < 1.29 is 4.39 Å². The van der Waals surface area contributed by atoms with Gasteiger partial charge in [-0.15, -0.1) is 11.8 Å². The Bertz CT molecular complexity index is 530. The molecule has 0 aliphatic rings. The van der Waals surface area contributed by atoms with Gasteiger partial charge in [0.05, 0.1) is 0 Å². The predicted molar refractivity (Wildman–Crippen MR) is 84.6 cm³/mol. The van der Waals surface area contributed by atoms with Gasteiger partial charge in [0.2, 0.25) is 0 Å². The zero-order valence-electron chi connectivity index (χ0n) is 11.8. The monoisotopic (exact) mass is 289 g/mol. The van der Waals surface area contributed by atoms with Crippen LogP contribution in [0, 0.1) is 5.82 Å². The summed E-state index contributed by atoms with van der Waals surface area (Å²) in [7, 11) is 0. The van der Waals surface area contributed by atoms with E-state index in [0.29, 0.717) is 4.90 Å². The summed E-state index contributed by atoms with van der Waals surface area (Å²) in [6.45, 7) is 5.12. The SMILES string of the molecule is CCNC(c1ccccc1)C(C)Sc1ccccc1F. The number of rotatable bonds is 6. The van der Waals surface area contributed by atoms with Crippen LogP contribution in [0.1, 0.15) is 25.5 Å². The summed E-state index contributed by atoms with van der Waals surface area (Å²) in [4.78, 5) is 0.707. The summed E-state index contributed by atoms with van der Waals surface area (Å²) in [6, 6.07) is 17.5. The molecule has 0 aliphatic heterocycles. The maximum atomic E-state index is 13.8. The van der Waals surface area contributed by atoms with Crippen molar-refractivity contribution in [2.24, 2.45) is 0 Å². The van der Waals surface area contributed by atoms with Gasteiger partial charge in [0.25, 0.3) is 0 Å². The van der Waals surface area contributed by atoms with Crippen molar-refractivity contribution in [2.45, 2.75) is 30.0 Å². The Hall–Kier alpha value is -1.32. The maximum Gasteiger partial charge on any atom is 0.136 e. The van der Waals surface area contributed by atoms with E-state index < -0.39 is 0 Å². The van der Waals surface area contributed by atoms with Crippen molar-refractivity contribution in [3.63, 3.8) is 0 Å². The molecule has 2 unspecified atom stereocenters. The van der Waals surface area contributed by atoms with Crippen molar-refractivity contribution in [1.82, 2.24) is 5.32 Å². The number of benzene rings is 2. The maximum absolute atomic E-state index is 13.8. The van der Waals surface area contributed by atoms with Crippen LogP contribution >= 0.6 is 11.8 Å². The van der Waals surface area contributed by atoms with Crippen LogP contribution in [0.4, 0.5) is 4.39 Å². The third kappa shape index (κ3) is 3.84. The largest absolute Gasteiger partial charge is 0.309 e. The molecular weight excluding hydrogens is 269 g/mol. The van der Waals surface area contributed by atoms with E-state index in [2.05, 4.69) is 31.3 Å². The highest BCUT2D eigenvalue weighted by Crippen LogP contribution is 2.33. The molecule has 0 aromatic heterocycles. The fraction of sp³-hybridized carbons (Fsp3) is 0.294. The van der Waals surface area contributed by atoms with Gasteiger partial charge in [-0.2, -0.15) is 0 Å². The Morgan fingerprint density at radius 1 is 1.05 bits per heavy atom. The molecule has 0 amide bonds. The Balaban J connectivity index is 2.16. The molecule has 0 heterocycles. The Morgan fingerprint density at radius 2 is 1.70 bits per heavy atom. The lowest BCUT2D eigenvalue weighted by Crippen LogP contribution is -2.28. The van der Waals surface area contributed by atoms with E-state index in [4.69, 9.17) is 0 Å². The quantitative estimate of drug-likeness (QED) is 0.776. The molecule has 0 spiro atoms. The number of hydrogen-bond acceptors (Lipinski definition) is 2. The van der Waals surface area contributed by atoms with E-state index in [1.165, 1.54) is 11.6 Å². The minimum Gasteiger partial charge on any atom is -0.309 e. The summed E-state index contributed by atoms with van der Waals surface area (Å²) in [5.74, 6) is -0.146. The van der Waals surface area contributed by atoms with E-state index in [0.717, 1.165) is 6.54 Å². The molecule has 106 valence electrons. The standard InChI is InChI=1S/C17H20FNS/c1-3-19-17(14-9-5-4-6-10-14)13(2)20-16-12-8-7-11-15(16)18/h4-13,17,19H,3H2,1-2H3. The topological polar surface area (TPSA) is 12.0 Å². The zero-order chi connectivity index (χ0) is 14.4. The lowest BCUT2D eigenvalue weighted by molar-refractivity contribution is 0.546. The second-order valence-corrected chi connectivity index (χ2v) is 6.12. The van der Waals surface area contributed by atoms with E-state index in [1.54, 1.807) is 17.8 Å². The molecule has 2 aromatic rings. The molecule has 0 radical (unpaired) electrons. The Morgan fingerprint density at radius 3 is 2.35 bits per heavy atom. The Kier molecular flexibility index (Phi) is 5.62. The normalized spacial score (nSPS) is 13.9. The number of halogens is 1. The lowest BCUT2D eigenvalue weighted by Gasteiger charge is -2.25. The number of nitrogens with one attached hydrogen (secondary N) is 1. The van der Waals surface area contributed by atoms with Gasteiger partial charge >= 0.3 is 0 Å². The minimum atomic E-state index is -0.146. The van der Waals surface area contributed by atoms with E-state index in [9.17, 15) is 4.39 Å². The second-order valence-electron chi connectivity index (χ2n) is 4.70. The van der Waals surface area contributed by atoms with Gasteiger partial charge in [0, 0.05) is 16.2 Å². The van der Waals surface area contributed by atoms with Crippen LogP contribution in [0.15, 0.2) is 59.5 Å². The van der Waals surface area contributed by atoms with E-state index in [-0.39, 0.29) is 17.1 Å². The molecule has 0 aliphatic carbocycles. The number of thioether (sulfide) groups is 1. The van der Waals surface area contributed by atoms with Crippen LogP contribution in [-0.2, 0) is 0 Å². The average molecular weight is 289 g/mol. The molecule has 2 rings (SSSR count). The summed E-state index contributed by atoms with van der Waals surface area (Å²) < 4.78 is 13.8. The van der Waals surface area contributed by atoms with Crippen molar-refractivity contribution >= 4 is 11.8 Å². The van der Waals surface area contributed by atoms with Gasteiger partial charge < -0.3 is 5.32 Å². The summed E-state index contributed by atoms with van der Waals surface area (Å²) >= 11 is 1.58. The van der Waals surface area contributed by atoms with Crippen molar-refractivity contribution in [3.8, 4) is 0 Å². The molecule has 1 N–H and O–H groups in total. The van der Waals surface area contributed by atoms with Gasteiger partial charge in [-0.3, -0.25) is 0 Å². The molecule has 2 aromatic carbocycles. The van der Waals surface area contributed by atoms with Gasteiger partial charge in [0.1, 0.15) is 5.82 Å². The van der Waals surface area contributed by atoms with Gasteiger partial charge in [-0.25, -0.2) is 4.39 Å². The second kappa shape index (κ2) is 7.46. The van der Waals surface area contributed by atoms with Crippen LogP contribution in [0.5, 0.6) is 0 Å². The first-order valence-electron chi connectivity index (χ1n) is 6.92. The molecule has 0 saturated carbocycles. The highest BCUT2D eigenvalue weighted by Gasteiger charge is 2.20. The predicted octanol–water partition coefficient (Wildman–Crippen LogP) is 4.66. The fourth-order valence-corrected chi connectivity index (χ4v) is 3.37. The Labute approximate surface area is 124 Å².